The van der Waals surface area contributed by atoms with E-state index in [2.05, 4.69) is 0 Å². The Morgan fingerprint density at radius 3 is 2.67 bits per heavy atom. The standard InChI is InChI=1S/C17H16N2O5/c1-11-7-13(4-5-14(11)19(21)22)17(20)18(2)9-12-3-6-15-16(8-12)24-10-23-15/h3-8H,9-10H2,1-2H3. The molecule has 0 N–H and O–H groups in total. The van der Waals surface area contributed by atoms with Gasteiger partial charge in [-0.15, -0.1) is 0 Å². The fourth-order valence-electron chi connectivity index (χ4n) is 2.60. The number of aryl methyl sites for hydroxylation is 1. The molecule has 1 amide bonds. The summed E-state index contributed by atoms with van der Waals surface area (Å²) in [5, 5.41) is 10.9. The van der Waals surface area contributed by atoms with Crippen molar-refractivity contribution in [3.8, 4) is 11.5 Å². The lowest BCUT2D eigenvalue weighted by molar-refractivity contribution is -0.385. The van der Waals surface area contributed by atoms with Crippen molar-refractivity contribution >= 4 is 11.6 Å². The molecule has 0 aromatic heterocycles. The van der Waals surface area contributed by atoms with Gasteiger partial charge in [-0.05, 0) is 36.8 Å². The minimum Gasteiger partial charge on any atom is -0.454 e. The number of carbonyl (C=O) groups excluding carboxylic acids is 1. The third kappa shape index (κ3) is 3.01. The first kappa shape index (κ1) is 15.8. The van der Waals surface area contributed by atoms with Crippen molar-refractivity contribution in [3.05, 3.63) is 63.2 Å². The molecule has 7 heteroatoms. The summed E-state index contributed by atoms with van der Waals surface area (Å²) in [6, 6.07) is 9.90. The highest BCUT2D eigenvalue weighted by atomic mass is 16.7. The molecule has 0 aliphatic carbocycles. The van der Waals surface area contributed by atoms with Gasteiger partial charge in [-0.2, -0.15) is 0 Å². The second-order valence-electron chi connectivity index (χ2n) is 5.61. The van der Waals surface area contributed by atoms with Gasteiger partial charge in [-0.3, -0.25) is 14.9 Å². The number of rotatable bonds is 4. The molecule has 0 fully saturated rings. The molecule has 124 valence electrons. The molecule has 1 heterocycles. The molecule has 0 unspecified atom stereocenters. The van der Waals surface area contributed by atoms with Gasteiger partial charge in [-0.1, -0.05) is 6.07 Å². The Morgan fingerprint density at radius 1 is 1.21 bits per heavy atom. The zero-order valence-electron chi connectivity index (χ0n) is 13.3. The number of amides is 1. The molecule has 0 atom stereocenters. The van der Waals surface area contributed by atoms with Gasteiger partial charge < -0.3 is 14.4 Å². The summed E-state index contributed by atoms with van der Waals surface area (Å²) in [7, 11) is 1.68. The van der Waals surface area contributed by atoms with Crippen molar-refractivity contribution in [2.75, 3.05) is 13.8 Å². The summed E-state index contributed by atoms with van der Waals surface area (Å²) in [4.78, 5) is 24.5. The van der Waals surface area contributed by atoms with Crippen LogP contribution >= 0.6 is 0 Å². The fraction of sp³-hybridized carbons (Fsp3) is 0.235. The van der Waals surface area contributed by atoms with Crippen LogP contribution in [0.2, 0.25) is 0 Å². The zero-order chi connectivity index (χ0) is 17.3. The van der Waals surface area contributed by atoms with Crippen LogP contribution in [0, 0.1) is 17.0 Å². The molecule has 1 aliphatic heterocycles. The minimum absolute atomic E-state index is 0.00461. The summed E-state index contributed by atoms with van der Waals surface area (Å²) in [6.07, 6.45) is 0. The van der Waals surface area contributed by atoms with Crippen LogP contribution < -0.4 is 9.47 Å². The van der Waals surface area contributed by atoms with Gasteiger partial charge in [0.2, 0.25) is 6.79 Å². The molecule has 0 saturated carbocycles. The van der Waals surface area contributed by atoms with Gasteiger partial charge in [0.05, 0.1) is 4.92 Å². The van der Waals surface area contributed by atoms with Crippen LogP contribution in [0.15, 0.2) is 36.4 Å². The molecular formula is C17H16N2O5. The van der Waals surface area contributed by atoms with E-state index < -0.39 is 4.92 Å². The van der Waals surface area contributed by atoms with Crippen molar-refractivity contribution in [1.29, 1.82) is 0 Å². The highest BCUT2D eigenvalue weighted by molar-refractivity contribution is 5.94. The van der Waals surface area contributed by atoms with Gasteiger partial charge in [0.15, 0.2) is 11.5 Å². The number of nitro groups is 1. The van der Waals surface area contributed by atoms with Crippen molar-refractivity contribution in [1.82, 2.24) is 4.90 Å². The highest BCUT2D eigenvalue weighted by Crippen LogP contribution is 2.32. The lowest BCUT2D eigenvalue weighted by atomic mass is 10.1. The molecule has 0 bridgehead atoms. The topological polar surface area (TPSA) is 81.9 Å². The van der Waals surface area contributed by atoms with Gasteiger partial charge in [0, 0.05) is 30.8 Å². The third-order valence-corrected chi connectivity index (χ3v) is 3.84. The maximum atomic E-state index is 12.5. The molecule has 2 aromatic carbocycles. The maximum Gasteiger partial charge on any atom is 0.272 e. The highest BCUT2D eigenvalue weighted by Gasteiger charge is 2.18. The SMILES string of the molecule is Cc1cc(C(=O)N(C)Cc2ccc3c(c2)OCO3)ccc1[N+](=O)[O-]. The van der Waals surface area contributed by atoms with Crippen molar-refractivity contribution < 1.29 is 19.2 Å². The second-order valence-corrected chi connectivity index (χ2v) is 5.61. The van der Waals surface area contributed by atoms with Gasteiger partial charge in [0.1, 0.15) is 0 Å². The van der Waals surface area contributed by atoms with Crippen LogP contribution in [0.25, 0.3) is 0 Å². The molecule has 7 nitrogen and oxygen atoms in total. The van der Waals surface area contributed by atoms with Crippen molar-refractivity contribution in [3.63, 3.8) is 0 Å². The van der Waals surface area contributed by atoms with E-state index in [4.69, 9.17) is 9.47 Å². The second kappa shape index (κ2) is 6.19. The van der Waals surface area contributed by atoms with Crippen molar-refractivity contribution in [2.24, 2.45) is 0 Å². The smallest absolute Gasteiger partial charge is 0.272 e. The van der Waals surface area contributed by atoms with E-state index in [1.165, 1.54) is 18.2 Å². The molecule has 3 rings (SSSR count). The van der Waals surface area contributed by atoms with E-state index in [0.717, 1.165) is 5.56 Å². The number of benzene rings is 2. The predicted octanol–water partition coefficient (Wildman–Crippen LogP) is 2.90. The van der Waals surface area contributed by atoms with E-state index in [1.807, 2.05) is 18.2 Å². The fourth-order valence-corrected chi connectivity index (χ4v) is 2.60. The van der Waals surface area contributed by atoms with E-state index in [0.29, 0.717) is 29.2 Å². The van der Waals surface area contributed by atoms with E-state index in [1.54, 1.807) is 18.9 Å². The van der Waals surface area contributed by atoms with Crippen LogP contribution in [-0.2, 0) is 6.54 Å². The molecule has 24 heavy (non-hydrogen) atoms. The van der Waals surface area contributed by atoms with E-state index in [9.17, 15) is 14.9 Å². The van der Waals surface area contributed by atoms with Crippen molar-refractivity contribution in [2.45, 2.75) is 13.5 Å². The Balaban J connectivity index is 1.75. The number of hydrogen-bond donors (Lipinski definition) is 0. The van der Waals surface area contributed by atoms with Gasteiger partial charge >= 0.3 is 0 Å². The average Bonchev–Trinajstić information content (AvgIpc) is 3.01. The summed E-state index contributed by atoms with van der Waals surface area (Å²) in [5.41, 5.74) is 1.79. The lowest BCUT2D eigenvalue weighted by Crippen LogP contribution is -2.26. The predicted molar refractivity (Wildman–Crippen MR) is 86.2 cm³/mol. The average molecular weight is 328 g/mol. The molecule has 2 aromatic rings. The van der Waals surface area contributed by atoms with Crippen LogP contribution in [0.3, 0.4) is 0 Å². The normalized spacial score (nSPS) is 12.1. The first-order valence-corrected chi connectivity index (χ1v) is 7.35. The number of nitro benzene ring substituents is 1. The Bertz CT molecular complexity index is 819. The van der Waals surface area contributed by atoms with Crippen LogP contribution in [0.1, 0.15) is 21.5 Å². The maximum absolute atomic E-state index is 12.5. The summed E-state index contributed by atoms with van der Waals surface area (Å²) in [5.74, 6) is 1.16. The minimum atomic E-state index is -0.458. The first-order valence-electron chi connectivity index (χ1n) is 7.35. The molecule has 1 aliphatic rings. The summed E-state index contributed by atoms with van der Waals surface area (Å²) >= 11 is 0. The molecule has 0 spiro atoms. The summed E-state index contributed by atoms with van der Waals surface area (Å²) < 4.78 is 10.6. The molecule has 0 radical (unpaired) electrons. The van der Waals surface area contributed by atoms with Gasteiger partial charge in [0.25, 0.3) is 11.6 Å². The monoisotopic (exact) mass is 328 g/mol. The van der Waals surface area contributed by atoms with E-state index in [-0.39, 0.29) is 18.4 Å². The zero-order valence-corrected chi connectivity index (χ0v) is 13.3. The Hall–Kier alpha value is -3.09. The number of ether oxygens (including phenoxy) is 2. The number of nitrogens with zero attached hydrogens (tertiary/aromatic N) is 2. The number of fused-ring (bicyclic) bond motifs is 1. The quantitative estimate of drug-likeness (QED) is 0.636. The van der Waals surface area contributed by atoms with Gasteiger partial charge in [-0.25, -0.2) is 0 Å². The lowest BCUT2D eigenvalue weighted by Gasteiger charge is -2.18. The molecular weight excluding hydrogens is 312 g/mol. The van der Waals surface area contributed by atoms with E-state index >= 15 is 0 Å². The number of hydrogen-bond acceptors (Lipinski definition) is 5. The Labute approximate surface area is 138 Å². The van der Waals surface area contributed by atoms with Crippen LogP contribution in [0.4, 0.5) is 5.69 Å². The van der Waals surface area contributed by atoms with Crippen LogP contribution in [0.5, 0.6) is 11.5 Å². The molecule has 0 saturated heterocycles. The Morgan fingerprint density at radius 2 is 1.96 bits per heavy atom. The summed E-state index contributed by atoms with van der Waals surface area (Å²) in [6.45, 7) is 2.22. The van der Waals surface area contributed by atoms with Crippen LogP contribution in [-0.4, -0.2) is 29.6 Å². The number of carbonyl (C=O) groups is 1. The first-order chi connectivity index (χ1) is 11.5. The largest absolute Gasteiger partial charge is 0.454 e. The third-order valence-electron chi connectivity index (χ3n) is 3.84. The Kier molecular flexibility index (Phi) is 4.07.